The zero-order chi connectivity index (χ0) is 16.8. The van der Waals surface area contributed by atoms with E-state index in [2.05, 4.69) is 12.2 Å². The number of rotatable bonds is 13. The fourth-order valence-electron chi connectivity index (χ4n) is 2.61. The van der Waals surface area contributed by atoms with Gasteiger partial charge >= 0.3 is 5.97 Å². The number of carbonyl (C=O) groups is 1. The van der Waals surface area contributed by atoms with Gasteiger partial charge in [0.25, 0.3) is 0 Å². The number of esters is 1. The molecule has 0 unspecified atom stereocenters. The highest BCUT2D eigenvalue weighted by molar-refractivity contribution is 5.72. The van der Waals surface area contributed by atoms with Crippen LogP contribution in [-0.4, -0.2) is 19.1 Å². The van der Waals surface area contributed by atoms with Crippen molar-refractivity contribution >= 4 is 11.7 Å². The number of hydrogen-bond donors (Lipinski definition) is 1. The van der Waals surface area contributed by atoms with Gasteiger partial charge in [-0.25, -0.2) is 0 Å². The first-order valence-electron chi connectivity index (χ1n) is 9.24. The average molecular weight is 319 g/mol. The van der Waals surface area contributed by atoms with Gasteiger partial charge in [0.1, 0.15) is 0 Å². The Bertz CT molecular complexity index is 414. The predicted octanol–water partition coefficient (Wildman–Crippen LogP) is 5.34. The molecule has 0 aliphatic rings. The first-order chi connectivity index (χ1) is 11.3. The Morgan fingerprint density at radius 1 is 0.913 bits per heavy atom. The van der Waals surface area contributed by atoms with Crippen molar-refractivity contribution < 1.29 is 9.53 Å². The van der Waals surface area contributed by atoms with Gasteiger partial charge in [-0.3, -0.25) is 4.79 Å². The van der Waals surface area contributed by atoms with Crippen molar-refractivity contribution in [3.63, 3.8) is 0 Å². The van der Waals surface area contributed by atoms with Crippen LogP contribution in [0.4, 0.5) is 5.69 Å². The fourth-order valence-corrected chi connectivity index (χ4v) is 2.61. The van der Waals surface area contributed by atoms with Crippen LogP contribution in [0.2, 0.25) is 0 Å². The summed E-state index contributed by atoms with van der Waals surface area (Å²) in [6.45, 7) is 5.55. The highest BCUT2D eigenvalue weighted by Crippen LogP contribution is 2.12. The molecule has 3 nitrogen and oxygen atoms in total. The summed E-state index contributed by atoms with van der Waals surface area (Å²) in [5, 5.41) is 3.45. The van der Waals surface area contributed by atoms with Gasteiger partial charge in [-0.2, -0.15) is 0 Å². The zero-order valence-corrected chi connectivity index (χ0v) is 14.9. The topological polar surface area (TPSA) is 38.3 Å². The third-order valence-corrected chi connectivity index (χ3v) is 3.97. The van der Waals surface area contributed by atoms with E-state index in [0.717, 1.165) is 17.8 Å². The lowest BCUT2D eigenvalue weighted by Gasteiger charge is -2.08. The van der Waals surface area contributed by atoms with Gasteiger partial charge in [0.2, 0.25) is 0 Å². The van der Waals surface area contributed by atoms with Gasteiger partial charge in [-0.15, -0.1) is 0 Å². The molecule has 0 spiro atoms. The van der Waals surface area contributed by atoms with Crippen molar-refractivity contribution in [2.45, 2.75) is 71.6 Å². The minimum absolute atomic E-state index is 0.160. The molecule has 3 heteroatoms. The third kappa shape index (κ3) is 9.98. The molecule has 0 amide bonds. The first-order valence-corrected chi connectivity index (χ1v) is 9.24. The van der Waals surface area contributed by atoms with Crippen LogP contribution in [0.1, 0.15) is 70.8 Å². The minimum Gasteiger partial charge on any atom is -0.466 e. The maximum Gasteiger partial charge on any atom is 0.310 e. The Labute approximate surface area is 141 Å². The van der Waals surface area contributed by atoms with Crippen molar-refractivity contribution in [3.05, 3.63) is 29.8 Å². The molecule has 0 aromatic heterocycles. The van der Waals surface area contributed by atoms with Gasteiger partial charge in [-0.05, 0) is 31.0 Å². The van der Waals surface area contributed by atoms with Gasteiger partial charge < -0.3 is 10.1 Å². The second-order valence-electron chi connectivity index (χ2n) is 6.08. The highest BCUT2D eigenvalue weighted by atomic mass is 16.5. The largest absolute Gasteiger partial charge is 0.466 e. The van der Waals surface area contributed by atoms with Gasteiger partial charge in [-0.1, -0.05) is 64.0 Å². The molecular weight excluding hydrogens is 286 g/mol. The summed E-state index contributed by atoms with van der Waals surface area (Å²) in [6.07, 6.45) is 11.1. The van der Waals surface area contributed by atoms with Crippen LogP contribution in [0, 0.1) is 0 Å². The standard InChI is InChI=1S/C20H33NO2/c1-3-5-6-7-8-9-10-11-16-21-19-14-12-18(13-15-19)17-20(22)23-4-2/h12-15,21H,3-11,16-17H2,1-2H3. The Balaban J connectivity index is 2.08. The molecule has 0 bridgehead atoms. The summed E-state index contributed by atoms with van der Waals surface area (Å²) in [6, 6.07) is 8.07. The minimum atomic E-state index is -0.160. The number of nitrogens with one attached hydrogen (secondary N) is 1. The van der Waals surface area contributed by atoms with Crippen molar-refractivity contribution in [1.29, 1.82) is 0 Å². The van der Waals surface area contributed by atoms with E-state index in [0.29, 0.717) is 13.0 Å². The van der Waals surface area contributed by atoms with Crippen LogP contribution in [0.5, 0.6) is 0 Å². The fraction of sp³-hybridized carbons (Fsp3) is 0.650. The van der Waals surface area contributed by atoms with E-state index in [1.165, 1.54) is 51.4 Å². The first kappa shape index (κ1) is 19.5. The Morgan fingerprint density at radius 2 is 1.52 bits per heavy atom. The van der Waals surface area contributed by atoms with Crippen LogP contribution in [0.15, 0.2) is 24.3 Å². The van der Waals surface area contributed by atoms with E-state index in [4.69, 9.17) is 4.74 Å². The molecule has 1 aromatic rings. The van der Waals surface area contributed by atoms with Crippen molar-refractivity contribution in [3.8, 4) is 0 Å². The monoisotopic (exact) mass is 319 g/mol. The molecule has 0 heterocycles. The summed E-state index contributed by atoms with van der Waals surface area (Å²) in [5.74, 6) is -0.160. The molecule has 0 fully saturated rings. The molecule has 1 rings (SSSR count). The number of anilines is 1. The molecule has 0 aliphatic carbocycles. The number of benzene rings is 1. The number of unbranched alkanes of at least 4 members (excludes halogenated alkanes) is 7. The van der Waals surface area contributed by atoms with Crippen LogP contribution in [-0.2, 0) is 16.0 Å². The normalized spacial score (nSPS) is 10.5. The van der Waals surface area contributed by atoms with Crippen LogP contribution < -0.4 is 5.32 Å². The summed E-state index contributed by atoms with van der Waals surface area (Å²) in [5.41, 5.74) is 2.13. The Kier molecular flexibility index (Phi) is 11.0. The maximum absolute atomic E-state index is 11.4. The van der Waals surface area contributed by atoms with E-state index in [1.54, 1.807) is 0 Å². The quantitative estimate of drug-likeness (QED) is 0.394. The van der Waals surface area contributed by atoms with Crippen LogP contribution in [0.3, 0.4) is 0 Å². The Morgan fingerprint density at radius 3 is 2.13 bits per heavy atom. The zero-order valence-electron chi connectivity index (χ0n) is 14.9. The summed E-state index contributed by atoms with van der Waals surface area (Å²) in [7, 11) is 0. The van der Waals surface area contributed by atoms with E-state index < -0.39 is 0 Å². The molecule has 0 saturated heterocycles. The molecule has 0 aliphatic heterocycles. The van der Waals surface area contributed by atoms with E-state index in [-0.39, 0.29) is 5.97 Å². The lowest BCUT2D eigenvalue weighted by atomic mass is 10.1. The van der Waals surface area contributed by atoms with Gasteiger partial charge in [0.05, 0.1) is 13.0 Å². The van der Waals surface area contributed by atoms with Crippen LogP contribution in [0.25, 0.3) is 0 Å². The van der Waals surface area contributed by atoms with Crippen molar-refractivity contribution in [1.82, 2.24) is 0 Å². The number of hydrogen-bond acceptors (Lipinski definition) is 3. The predicted molar refractivity (Wildman–Crippen MR) is 97.9 cm³/mol. The summed E-state index contributed by atoms with van der Waals surface area (Å²) in [4.78, 5) is 11.4. The lowest BCUT2D eigenvalue weighted by molar-refractivity contribution is -0.142. The molecular formula is C20H33NO2. The number of ether oxygens (including phenoxy) is 1. The van der Waals surface area contributed by atoms with Crippen molar-refractivity contribution in [2.24, 2.45) is 0 Å². The number of carbonyl (C=O) groups excluding carboxylic acids is 1. The molecule has 1 aromatic carbocycles. The van der Waals surface area contributed by atoms with Gasteiger partial charge in [0.15, 0.2) is 0 Å². The third-order valence-electron chi connectivity index (χ3n) is 3.97. The van der Waals surface area contributed by atoms with Gasteiger partial charge in [0, 0.05) is 12.2 Å². The van der Waals surface area contributed by atoms with Crippen molar-refractivity contribution in [2.75, 3.05) is 18.5 Å². The molecule has 23 heavy (non-hydrogen) atoms. The Hall–Kier alpha value is -1.51. The van der Waals surface area contributed by atoms with E-state index in [9.17, 15) is 4.79 Å². The van der Waals surface area contributed by atoms with Crippen LogP contribution >= 0.6 is 0 Å². The molecule has 0 atom stereocenters. The van der Waals surface area contributed by atoms with E-state index >= 15 is 0 Å². The SMILES string of the molecule is CCCCCCCCCCNc1ccc(CC(=O)OCC)cc1. The average Bonchev–Trinajstić information content (AvgIpc) is 2.55. The smallest absolute Gasteiger partial charge is 0.310 e. The summed E-state index contributed by atoms with van der Waals surface area (Å²) < 4.78 is 4.95. The van der Waals surface area contributed by atoms with E-state index in [1.807, 2.05) is 31.2 Å². The molecule has 130 valence electrons. The molecule has 1 N–H and O–H groups in total. The maximum atomic E-state index is 11.4. The summed E-state index contributed by atoms with van der Waals surface area (Å²) >= 11 is 0. The molecule has 0 radical (unpaired) electrons. The second-order valence-corrected chi connectivity index (χ2v) is 6.08. The lowest BCUT2D eigenvalue weighted by Crippen LogP contribution is -2.07. The molecule has 0 saturated carbocycles. The second kappa shape index (κ2) is 13.0. The highest BCUT2D eigenvalue weighted by Gasteiger charge is 2.03.